The second kappa shape index (κ2) is 8.09. The van der Waals surface area contributed by atoms with Crippen molar-refractivity contribution < 1.29 is 9.53 Å². The summed E-state index contributed by atoms with van der Waals surface area (Å²) in [6, 6.07) is 12.7. The first-order valence-corrected chi connectivity index (χ1v) is 8.49. The van der Waals surface area contributed by atoms with E-state index in [0.717, 1.165) is 11.1 Å². The molecule has 3 rings (SSSR count). The number of pyridine rings is 1. The number of amides is 1. The predicted molar refractivity (Wildman–Crippen MR) is 95.3 cm³/mol. The molecule has 0 saturated carbocycles. The van der Waals surface area contributed by atoms with Gasteiger partial charge >= 0.3 is 0 Å². The Balaban J connectivity index is 1.55. The average molecular weight is 341 g/mol. The largest absolute Gasteiger partial charge is 0.375 e. The second-order valence-corrected chi connectivity index (χ2v) is 6.21. The number of carbonyl (C=O) groups is 1. The van der Waals surface area contributed by atoms with Crippen molar-refractivity contribution in [1.82, 2.24) is 15.2 Å². The molecule has 0 radical (unpaired) electrons. The standard InChI is InChI=1S/C19H23N3O3/c1-14-18(20-9-11-25-14)19(24)21-12-15-5-7-16(8-6-15)13-22-10-3-2-4-17(22)23/h2-8,10,14,18,20H,9,11-13H2,1H3,(H,21,24)/t14-,18+/m1/s1. The van der Waals surface area contributed by atoms with Crippen molar-refractivity contribution in [2.24, 2.45) is 0 Å². The van der Waals surface area contributed by atoms with Crippen molar-refractivity contribution >= 4 is 5.91 Å². The number of carbonyl (C=O) groups excluding carboxylic acids is 1. The summed E-state index contributed by atoms with van der Waals surface area (Å²) in [5.41, 5.74) is 2.04. The van der Waals surface area contributed by atoms with Crippen LogP contribution in [0.3, 0.4) is 0 Å². The first-order chi connectivity index (χ1) is 12.1. The van der Waals surface area contributed by atoms with Crippen molar-refractivity contribution in [1.29, 1.82) is 0 Å². The van der Waals surface area contributed by atoms with E-state index in [1.54, 1.807) is 22.9 Å². The molecule has 0 bridgehead atoms. The van der Waals surface area contributed by atoms with Crippen LogP contribution < -0.4 is 16.2 Å². The van der Waals surface area contributed by atoms with Crippen LogP contribution >= 0.6 is 0 Å². The Kier molecular flexibility index (Phi) is 5.63. The lowest BCUT2D eigenvalue weighted by Crippen LogP contribution is -2.55. The summed E-state index contributed by atoms with van der Waals surface area (Å²) in [5.74, 6) is -0.0490. The molecule has 2 aromatic rings. The highest BCUT2D eigenvalue weighted by atomic mass is 16.5. The molecule has 1 fully saturated rings. The van der Waals surface area contributed by atoms with Crippen LogP contribution in [-0.4, -0.2) is 35.8 Å². The van der Waals surface area contributed by atoms with Gasteiger partial charge in [0.15, 0.2) is 0 Å². The summed E-state index contributed by atoms with van der Waals surface area (Å²) in [4.78, 5) is 24.0. The lowest BCUT2D eigenvalue weighted by molar-refractivity contribution is -0.129. The fraction of sp³-hybridized carbons (Fsp3) is 0.368. The maximum absolute atomic E-state index is 12.2. The molecule has 0 aliphatic carbocycles. The van der Waals surface area contributed by atoms with E-state index < -0.39 is 0 Å². The SMILES string of the molecule is C[C@H]1OCCN[C@@H]1C(=O)NCc1ccc(Cn2ccccc2=O)cc1. The van der Waals surface area contributed by atoms with Crippen LogP contribution in [-0.2, 0) is 22.6 Å². The van der Waals surface area contributed by atoms with E-state index in [-0.39, 0.29) is 23.6 Å². The van der Waals surface area contributed by atoms with Crippen molar-refractivity contribution in [3.05, 3.63) is 70.1 Å². The molecule has 1 aromatic heterocycles. The summed E-state index contributed by atoms with van der Waals surface area (Å²) in [5, 5.41) is 6.12. The number of hydrogen-bond acceptors (Lipinski definition) is 4. The fourth-order valence-corrected chi connectivity index (χ4v) is 2.88. The van der Waals surface area contributed by atoms with Gasteiger partial charge in [-0.25, -0.2) is 0 Å². The quantitative estimate of drug-likeness (QED) is 0.847. The van der Waals surface area contributed by atoms with E-state index in [4.69, 9.17) is 4.74 Å². The molecule has 0 unspecified atom stereocenters. The van der Waals surface area contributed by atoms with Crippen LogP contribution in [0.2, 0.25) is 0 Å². The lowest BCUT2D eigenvalue weighted by atomic mass is 10.1. The fourth-order valence-electron chi connectivity index (χ4n) is 2.88. The maximum atomic E-state index is 12.2. The summed E-state index contributed by atoms with van der Waals surface area (Å²) >= 11 is 0. The third-order valence-corrected chi connectivity index (χ3v) is 4.34. The molecular formula is C19H23N3O3. The zero-order chi connectivity index (χ0) is 17.6. The maximum Gasteiger partial charge on any atom is 0.250 e. The van der Waals surface area contributed by atoms with E-state index in [9.17, 15) is 9.59 Å². The van der Waals surface area contributed by atoms with Gasteiger partial charge in [0.2, 0.25) is 5.91 Å². The van der Waals surface area contributed by atoms with Gasteiger partial charge in [0.25, 0.3) is 5.56 Å². The van der Waals surface area contributed by atoms with Gasteiger partial charge in [-0.1, -0.05) is 30.3 Å². The first kappa shape index (κ1) is 17.4. The highest BCUT2D eigenvalue weighted by Gasteiger charge is 2.27. The Morgan fingerprint density at radius 1 is 1.24 bits per heavy atom. The molecule has 2 atom stereocenters. The summed E-state index contributed by atoms with van der Waals surface area (Å²) in [6.45, 7) is 4.23. The van der Waals surface area contributed by atoms with Gasteiger partial charge in [-0.05, 0) is 24.1 Å². The summed E-state index contributed by atoms with van der Waals surface area (Å²) < 4.78 is 7.15. The molecule has 1 aliphatic heterocycles. The molecule has 6 heteroatoms. The van der Waals surface area contributed by atoms with E-state index in [1.807, 2.05) is 37.3 Å². The van der Waals surface area contributed by atoms with Gasteiger partial charge < -0.3 is 19.9 Å². The highest BCUT2D eigenvalue weighted by molar-refractivity contribution is 5.82. The highest BCUT2D eigenvalue weighted by Crippen LogP contribution is 2.07. The first-order valence-electron chi connectivity index (χ1n) is 8.49. The van der Waals surface area contributed by atoms with Crippen molar-refractivity contribution in [2.45, 2.75) is 32.2 Å². The average Bonchev–Trinajstić information content (AvgIpc) is 2.63. The summed E-state index contributed by atoms with van der Waals surface area (Å²) in [7, 11) is 0. The van der Waals surface area contributed by atoms with Gasteiger partial charge in [0.05, 0.1) is 19.3 Å². The third kappa shape index (κ3) is 4.55. The van der Waals surface area contributed by atoms with Gasteiger partial charge in [0.1, 0.15) is 6.04 Å². The number of rotatable bonds is 5. The van der Waals surface area contributed by atoms with Gasteiger partial charge in [-0.3, -0.25) is 9.59 Å². The van der Waals surface area contributed by atoms with E-state index in [1.165, 1.54) is 0 Å². The number of nitrogens with one attached hydrogen (secondary N) is 2. The Bertz CT molecular complexity index is 770. The van der Waals surface area contributed by atoms with Crippen molar-refractivity contribution in [2.75, 3.05) is 13.2 Å². The van der Waals surface area contributed by atoms with Gasteiger partial charge in [-0.2, -0.15) is 0 Å². The van der Waals surface area contributed by atoms with Gasteiger partial charge in [0, 0.05) is 25.4 Å². The Hall–Kier alpha value is -2.44. The number of ether oxygens (including phenoxy) is 1. The molecule has 6 nitrogen and oxygen atoms in total. The van der Waals surface area contributed by atoms with Gasteiger partial charge in [-0.15, -0.1) is 0 Å². The van der Waals surface area contributed by atoms with Crippen LogP contribution in [0.15, 0.2) is 53.5 Å². The van der Waals surface area contributed by atoms with Crippen molar-refractivity contribution in [3.8, 4) is 0 Å². The Morgan fingerprint density at radius 3 is 2.72 bits per heavy atom. The molecule has 132 valence electrons. The number of aromatic nitrogens is 1. The van der Waals surface area contributed by atoms with Crippen LogP contribution in [0.4, 0.5) is 0 Å². The van der Waals surface area contributed by atoms with E-state index in [0.29, 0.717) is 26.2 Å². The lowest BCUT2D eigenvalue weighted by Gasteiger charge is -2.29. The normalized spacial score (nSPS) is 20.2. The molecule has 2 heterocycles. The third-order valence-electron chi connectivity index (χ3n) is 4.34. The molecule has 25 heavy (non-hydrogen) atoms. The predicted octanol–water partition coefficient (Wildman–Crippen LogP) is 0.890. The Labute approximate surface area is 146 Å². The second-order valence-electron chi connectivity index (χ2n) is 6.21. The molecule has 1 saturated heterocycles. The molecule has 2 N–H and O–H groups in total. The number of hydrogen-bond donors (Lipinski definition) is 2. The smallest absolute Gasteiger partial charge is 0.250 e. The molecular weight excluding hydrogens is 318 g/mol. The van der Waals surface area contributed by atoms with Crippen LogP contribution in [0.1, 0.15) is 18.1 Å². The minimum Gasteiger partial charge on any atom is -0.375 e. The molecule has 0 spiro atoms. The molecule has 1 amide bonds. The van der Waals surface area contributed by atoms with Crippen molar-refractivity contribution in [3.63, 3.8) is 0 Å². The minimum absolute atomic E-state index is 0.0184. The zero-order valence-electron chi connectivity index (χ0n) is 14.3. The van der Waals surface area contributed by atoms with Crippen LogP contribution in [0.5, 0.6) is 0 Å². The number of nitrogens with zero attached hydrogens (tertiary/aromatic N) is 1. The van der Waals surface area contributed by atoms with Crippen LogP contribution in [0, 0.1) is 0 Å². The monoisotopic (exact) mass is 341 g/mol. The van der Waals surface area contributed by atoms with Crippen LogP contribution in [0.25, 0.3) is 0 Å². The molecule has 1 aromatic carbocycles. The van der Waals surface area contributed by atoms with E-state index >= 15 is 0 Å². The topological polar surface area (TPSA) is 72.4 Å². The van der Waals surface area contributed by atoms with E-state index in [2.05, 4.69) is 10.6 Å². The zero-order valence-corrected chi connectivity index (χ0v) is 14.3. The minimum atomic E-state index is -0.307. The number of benzene rings is 1. The molecule has 1 aliphatic rings. The Morgan fingerprint density at radius 2 is 2.00 bits per heavy atom. The summed E-state index contributed by atoms with van der Waals surface area (Å²) in [6.07, 6.45) is 1.65. The number of morpholine rings is 1.